The molecule has 1 aliphatic rings. The number of sulfonamides is 1. The van der Waals surface area contributed by atoms with Gasteiger partial charge in [-0.05, 0) is 49.2 Å². The zero-order chi connectivity index (χ0) is 22.0. The fraction of sp³-hybridized carbons (Fsp3) is 0.333. The van der Waals surface area contributed by atoms with E-state index in [2.05, 4.69) is 10.1 Å². The highest BCUT2D eigenvalue weighted by Gasteiger charge is 2.33. The summed E-state index contributed by atoms with van der Waals surface area (Å²) < 4.78 is 56.8. The first-order chi connectivity index (χ1) is 14.9. The number of halogens is 1. The molecule has 1 aromatic heterocycles. The molecule has 2 heterocycles. The molecule has 0 spiro atoms. The van der Waals surface area contributed by atoms with Crippen LogP contribution in [0.5, 0.6) is 11.5 Å². The third-order valence-electron chi connectivity index (χ3n) is 5.25. The molecule has 0 amide bonds. The van der Waals surface area contributed by atoms with Crippen LogP contribution in [0.3, 0.4) is 0 Å². The molecule has 1 aliphatic heterocycles. The third kappa shape index (κ3) is 4.26. The van der Waals surface area contributed by atoms with Gasteiger partial charge in [0.15, 0.2) is 11.5 Å². The number of nitrogens with zero attached hydrogens (tertiary/aromatic N) is 3. The second-order valence-electron chi connectivity index (χ2n) is 7.19. The van der Waals surface area contributed by atoms with Crippen molar-refractivity contribution in [3.8, 4) is 22.9 Å². The van der Waals surface area contributed by atoms with Crippen LogP contribution in [-0.2, 0) is 10.0 Å². The Balaban J connectivity index is 1.55. The quantitative estimate of drug-likeness (QED) is 0.571. The van der Waals surface area contributed by atoms with E-state index in [1.54, 1.807) is 32.4 Å². The molecule has 1 saturated heterocycles. The van der Waals surface area contributed by atoms with Crippen molar-refractivity contribution in [3.05, 3.63) is 54.2 Å². The first kappa shape index (κ1) is 21.3. The number of aromatic nitrogens is 2. The van der Waals surface area contributed by atoms with E-state index in [1.165, 1.54) is 22.5 Å². The van der Waals surface area contributed by atoms with Gasteiger partial charge in [-0.2, -0.15) is 9.29 Å². The molecule has 0 radical (unpaired) electrons. The number of hydrogen-bond donors (Lipinski definition) is 0. The van der Waals surface area contributed by atoms with E-state index >= 15 is 0 Å². The van der Waals surface area contributed by atoms with E-state index in [9.17, 15) is 12.8 Å². The number of ether oxygens (including phenoxy) is 2. The molecule has 3 aromatic rings. The lowest BCUT2D eigenvalue weighted by Gasteiger charge is -2.30. The smallest absolute Gasteiger partial charge is 0.243 e. The van der Waals surface area contributed by atoms with Gasteiger partial charge in [0.2, 0.25) is 21.7 Å². The van der Waals surface area contributed by atoms with E-state index in [-0.39, 0.29) is 17.4 Å². The van der Waals surface area contributed by atoms with Crippen molar-refractivity contribution in [2.24, 2.45) is 0 Å². The van der Waals surface area contributed by atoms with Crippen LogP contribution < -0.4 is 9.47 Å². The Kier molecular flexibility index (Phi) is 5.92. The summed E-state index contributed by atoms with van der Waals surface area (Å²) in [4.78, 5) is 4.42. The average molecular weight is 447 g/mol. The fourth-order valence-corrected chi connectivity index (χ4v) is 5.19. The van der Waals surface area contributed by atoms with Crippen LogP contribution in [0.4, 0.5) is 4.39 Å². The van der Waals surface area contributed by atoms with Crippen molar-refractivity contribution in [2.45, 2.75) is 23.7 Å². The number of rotatable bonds is 6. The first-order valence-corrected chi connectivity index (χ1v) is 11.2. The predicted octanol–water partition coefficient (Wildman–Crippen LogP) is 3.46. The number of hydrogen-bond acceptors (Lipinski definition) is 7. The zero-order valence-electron chi connectivity index (χ0n) is 17.1. The summed E-state index contributed by atoms with van der Waals surface area (Å²) in [5, 5.41) is 4.05. The second kappa shape index (κ2) is 8.64. The van der Waals surface area contributed by atoms with Crippen molar-refractivity contribution in [1.29, 1.82) is 0 Å². The molecule has 2 aromatic carbocycles. The molecule has 10 heteroatoms. The van der Waals surface area contributed by atoms with Crippen molar-refractivity contribution >= 4 is 10.0 Å². The Morgan fingerprint density at radius 1 is 1.13 bits per heavy atom. The van der Waals surface area contributed by atoms with E-state index in [0.29, 0.717) is 48.2 Å². The number of benzene rings is 2. The minimum atomic E-state index is -3.81. The Morgan fingerprint density at radius 3 is 2.68 bits per heavy atom. The van der Waals surface area contributed by atoms with Crippen LogP contribution in [0.2, 0.25) is 0 Å². The number of piperidine rings is 1. The molecule has 0 saturated carbocycles. The molecule has 1 fully saturated rings. The van der Waals surface area contributed by atoms with E-state index in [0.717, 1.165) is 6.07 Å². The molecule has 164 valence electrons. The largest absolute Gasteiger partial charge is 0.493 e. The van der Waals surface area contributed by atoms with Gasteiger partial charge in [0.05, 0.1) is 25.0 Å². The molecular weight excluding hydrogens is 425 g/mol. The normalized spacial score (nSPS) is 17.5. The van der Waals surface area contributed by atoms with Gasteiger partial charge in [0, 0.05) is 18.7 Å². The highest BCUT2D eigenvalue weighted by Crippen LogP contribution is 2.33. The van der Waals surface area contributed by atoms with E-state index < -0.39 is 15.8 Å². The number of methoxy groups -OCH3 is 2. The molecule has 0 aliphatic carbocycles. The van der Waals surface area contributed by atoms with E-state index in [4.69, 9.17) is 14.0 Å². The summed E-state index contributed by atoms with van der Waals surface area (Å²) in [6.45, 7) is 0.540. The zero-order valence-corrected chi connectivity index (χ0v) is 17.9. The lowest BCUT2D eigenvalue weighted by atomic mass is 10.00. The van der Waals surface area contributed by atoms with Gasteiger partial charge in [0.1, 0.15) is 5.82 Å². The fourth-order valence-electron chi connectivity index (χ4n) is 3.63. The first-order valence-electron chi connectivity index (χ1n) is 9.74. The highest BCUT2D eigenvalue weighted by molar-refractivity contribution is 7.89. The van der Waals surface area contributed by atoms with Gasteiger partial charge in [-0.3, -0.25) is 0 Å². The van der Waals surface area contributed by atoms with Gasteiger partial charge in [-0.25, -0.2) is 12.8 Å². The van der Waals surface area contributed by atoms with E-state index in [1.807, 2.05) is 0 Å². The summed E-state index contributed by atoms with van der Waals surface area (Å²) in [5.74, 6) is 1.02. The lowest BCUT2D eigenvalue weighted by molar-refractivity contribution is 0.265. The lowest BCUT2D eigenvalue weighted by Crippen LogP contribution is -2.39. The van der Waals surface area contributed by atoms with Crippen LogP contribution in [-0.4, -0.2) is 50.2 Å². The van der Waals surface area contributed by atoms with Gasteiger partial charge in [-0.1, -0.05) is 11.2 Å². The van der Waals surface area contributed by atoms with Crippen molar-refractivity contribution in [1.82, 2.24) is 14.4 Å². The monoisotopic (exact) mass is 447 g/mol. The van der Waals surface area contributed by atoms with Crippen LogP contribution >= 0.6 is 0 Å². The van der Waals surface area contributed by atoms with Gasteiger partial charge in [0.25, 0.3) is 0 Å². The minimum absolute atomic E-state index is 0.0651. The Labute approximate surface area is 179 Å². The van der Waals surface area contributed by atoms with Crippen LogP contribution in [0.25, 0.3) is 11.4 Å². The summed E-state index contributed by atoms with van der Waals surface area (Å²) in [7, 11) is -0.722. The molecule has 1 atom stereocenters. The molecular formula is C21H22FN3O5S. The van der Waals surface area contributed by atoms with Gasteiger partial charge in [-0.15, -0.1) is 0 Å². The maximum absolute atomic E-state index is 13.5. The molecule has 0 unspecified atom stereocenters. The highest BCUT2D eigenvalue weighted by atomic mass is 32.2. The van der Waals surface area contributed by atoms with Gasteiger partial charge < -0.3 is 14.0 Å². The topological polar surface area (TPSA) is 94.8 Å². The Bertz CT molecular complexity index is 1180. The molecule has 31 heavy (non-hydrogen) atoms. The molecule has 4 rings (SSSR count). The van der Waals surface area contributed by atoms with Crippen LogP contribution in [0, 0.1) is 5.82 Å². The SMILES string of the molecule is COc1ccc(-c2noc([C@@H]3CCCN(S(=O)(=O)c4cccc(F)c4)C3)n2)cc1OC. The average Bonchev–Trinajstić information content (AvgIpc) is 3.29. The summed E-state index contributed by atoms with van der Waals surface area (Å²) >= 11 is 0. The Morgan fingerprint density at radius 2 is 1.94 bits per heavy atom. The summed E-state index contributed by atoms with van der Waals surface area (Å²) in [6.07, 6.45) is 1.34. The summed E-state index contributed by atoms with van der Waals surface area (Å²) in [6, 6.07) is 10.3. The summed E-state index contributed by atoms with van der Waals surface area (Å²) in [5.41, 5.74) is 0.688. The van der Waals surface area contributed by atoms with Crippen LogP contribution in [0.15, 0.2) is 51.9 Å². The minimum Gasteiger partial charge on any atom is -0.493 e. The van der Waals surface area contributed by atoms with Crippen molar-refractivity contribution < 1.29 is 26.8 Å². The second-order valence-corrected chi connectivity index (χ2v) is 9.12. The van der Waals surface area contributed by atoms with Crippen LogP contribution in [0.1, 0.15) is 24.7 Å². The molecule has 8 nitrogen and oxygen atoms in total. The van der Waals surface area contributed by atoms with Crippen molar-refractivity contribution in [3.63, 3.8) is 0 Å². The molecule has 0 N–H and O–H groups in total. The standard InChI is InChI=1S/C21H22FN3O5S/c1-28-18-9-8-14(11-19(18)29-2)20-23-21(30-24-20)15-5-4-10-25(13-15)31(26,27)17-7-3-6-16(22)12-17/h3,6-9,11-12,15H,4-5,10,13H2,1-2H3/t15-/m1/s1. The van der Waals surface area contributed by atoms with Gasteiger partial charge >= 0.3 is 0 Å². The Hall–Kier alpha value is -2.98. The molecule has 0 bridgehead atoms. The maximum atomic E-state index is 13.5. The van der Waals surface area contributed by atoms with Crippen molar-refractivity contribution in [2.75, 3.05) is 27.3 Å². The third-order valence-corrected chi connectivity index (χ3v) is 7.11. The maximum Gasteiger partial charge on any atom is 0.243 e. The predicted molar refractivity (Wildman–Crippen MR) is 110 cm³/mol.